The molecule has 0 radical (unpaired) electrons. The van der Waals surface area contributed by atoms with Gasteiger partial charge in [0.2, 0.25) is 0 Å². The van der Waals surface area contributed by atoms with Gasteiger partial charge in [0.1, 0.15) is 17.4 Å². The Hall–Kier alpha value is -2.14. The zero-order chi connectivity index (χ0) is 14.7. The Labute approximate surface area is 124 Å². The fraction of sp³-hybridized carbons (Fsp3) is 0.375. The second-order valence-corrected chi connectivity index (χ2v) is 5.32. The first-order chi connectivity index (χ1) is 10.3. The minimum Gasteiger partial charge on any atom is -0.493 e. The summed E-state index contributed by atoms with van der Waals surface area (Å²) in [6.07, 6.45) is 2.87. The van der Waals surface area contributed by atoms with Crippen LogP contribution in [0.5, 0.6) is 5.75 Å². The molecular weight excluding hydrogens is 264 g/mol. The van der Waals surface area contributed by atoms with Gasteiger partial charge in [0, 0.05) is 11.8 Å². The van der Waals surface area contributed by atoms with E-state index in [2.05, 4.69) is 28.4 Å². The van der Waals surface area contributed by atoms with Crippen molar-refractivity contribution in [2.45, 2.75) is 32.1 Å². The van der Waals surface area contributed by atoms with E-state index in [0.717, 1.165) is 36.5 Å². The number of nitrogens with two attached hydrogens (primary N) is 1. The monoisotopic (exact) mass is 284 g/mol. The molecule has 1 aliphatic rings. The zero-order valence-electron chi connectivity index (χ0n) is 12.2. The van der Waals surface area contributed by atoms with Gasteiger partial charge >= 0.3 is 0 Å². The van der Waals surface area contributed by atoms with Crippen LogP contribution in [0.3, 0.4) is 0 Å². The fourth-order valence-electron chi connectivity index (χ4n) is 2.65. The van der Waals surface area contributed by atoms with Crippen LogP contribution in [0.1, 0.15) is 36.3 Å². The molecule has 2 heterocycles. The van der Waals surface area contributed by atoms with Crippen LogP contribution in [-0.4, -0.2) is 16.6 Å². The first-order valence-electron chi connectivity index (χ1n) is 7.35. The minimum atomic E-state index is 0.170. The molecule has 0 fully saturated rings. The number of ether oxygens (including phenoxy) is 1. The number of aryl methyl sites for hydroxylation is 1. The van der Waals surface area contributed by atoms with E-state index in [4.69, 9.17) is 10.6 Å². The number of nitrogen functional groups attached to an aromatic ring is 1. The Kier molecular flexibility index (Phi) is 4.01. The first kappa shape index (κ1) is 13.8. The van der Waals surface area contributed by atoms with Gasteiger partial charge in [0.15, 0.2) is 0 Å². The molecule has 3 N–H and O–H groups in total. The fourth-order valence-corrected chi connectivity index (χ4v) is 2.65. The van der Waals surface area contributed by atoms with E-state index in [0.29, 0.717) is 12.4 Å². The lowest BCUT2D eigenvalue weighted by atomic mass is 9.96. The smallest absolute Gasteiger partial charge is 0.143 e. The number of hydrazine groups is 1. The summed E-state index contributed by atoms with van der Waals surface area (Å²) < 4.78 is 5.83. The van der Waals surface area contributed by atoms with E-state index in [-0.39, 0.29) is 5.92 Å². The molecule has 0 bridgehead atoms. The highest BCUT2D eigenvalue weighted by Crippen LogP contribution is 2.31. The molecule has 5 nitrogen and oxygen atoms in total. The van der Waals surface area contributed by atoms with E-state index in [1.54, 1.807) is 0 Å². The molecule has 21 heavy (non-hydrogen) atoms. The Morgan fingerprint density at radius 2 is 2.19 bits per heavy atom. The van der Waals surface area contributed by atoms with Crippen LogP contribution in [0.15, 0.2) is 30.3 Å². The van der Waals surface area contributed by atoms with Crippen molar-refractivity contribution in [2.75, 3.05) is 12.0 Å². The van der Waals surface area contributed by atoms with Crippen LogP contribution in [0.25, 0.3) is 0 Å². The third-order valence-electron chi connectivity index (χ3n) is 3.69. The number of fused-ring (bicyclic) bond motifs is 1. The van der Waals surface area contributed by atoms with Crippen LogP contribution in [-0.2, 0) is 12.8 Å². The highest BCUT2D eigenvalue weighted by Gasteiger charge is 2.24. The van der Waals surface area contributed by atoms with Crippen LogP contribution >= 0.6 is 0 Å². The summed E-state index contributed by atoms with van der Waals surface area (Å²) in [7, 11) is 0. The quantitative estimate of drug-likeness (QED) is 0.666. The lowest BCUT2D eigenvalue weighted by Gasteiger charge is -2.24. The van der Waals surface area contributed by atoms with Gasteiger partial charge < -0.3 is 10.2 Å². The highest BCUT2D eigenvalue weighted by molar-refractivity contribution is 5.38. The highest BCUT2D eigenvalue weighted by atomic mass is 16.5. The first-order valence-corrected chi connectivity index (χ1v) is 7.35. The van der Waals surface area contributed by atoms with Crippen LogP contribution in [0, 0.1) is 0 Å². The van der Waals surface area contributed by atoms with Gasteiger partial charge in [0.25, 0.3) is 0 Å². The predicted molar refractivity (Wildman–Crippen MR) is 82.2 cm³/mol. The number of anilines is 1. The molecule has 1 unspecified atom stereocenters. The normalized spacial score (nSPS) is 17.0. The Morgan fingerprint density at radius 3 is 3.00 bits per heavy atom. The summed E-state index contributed by atoms with van der Waals surface area (Å²) in [5.41, 5.74) is 4.86. The summed E-state index contributed by atoms with van der Waals surface area (Å²) >= 11 is 0. The molecular formula is C16H20N4O. The second kappa shape index (κ2) is 6.10. The molecule has 1 aromatic carbocycles. The van der Waals surface area contributed by atoms with Crippen LogP contribution in [0.2, 0.25) is 0 Å². The predicted octanol–water partition coefficient (Wildman–Crippen LogP) is 2.43. The average molecular weight is 284 g/mol. The van der Waals surface area contributed by atoms with Crippen molar-refractivity contribution in [2.24, 2.45) is 5.84 Å². The Bertz CT molecular complexity index is 629. The standard InChI is InChI=1S/C16H20N4O/c1-2-5-13-9-15(20-17)19-16(18-13)12-8-11-6-3-4-7-14(11)21-10-12/h3-4,6-7,9,12H,2,5,8,10,17H2,1H3,(H,18,19,20). The molecule has 3 rings (SSSR count). The SMILES string of the molecule is CCCc1cc(NN)nc(C2COc3ccccc3C2)n1. The number of para-hydroxylation sites is 1. The summed E-state index contributed by atoms with van der Waals surface area (Å²) in [5, 5.41) is 0. The molecule has 0 saturated carbocycles. The Morgan fingerprint density at radius 1 is 1.33 bits per heavy atom. The number of rotatable bonds is 4. The molecule has 0 amide bonds. The van der Waals surface area contributed by atoms with E-state index in [1.807, 2.05) is 24.3 Å². The molecule has 0 saturated heterocycles. The molecule has 0 spiro atoms. The van der Waals surface area contributed by atoms with Crippen LogP contribution < -0.4 is 16.0 Å². The zero-order valence-corrected chi connectivity index (χ0v) is 12.2. The molecule has 110 valence electrons. The minimum absolute atomic E-state index is 0.170. The molecule has 1 aliphatic heterocycles. The van der Waals surface area contributed by atoms with E-state index in [1.165, 1.54) is 5.56 Å². The maximum absolute atomic E-state index is 5.83. The molecule has 1 atom stereocenters. The molecule has 1 aromatic heterocycles. The van der Waals surface area contributed by atoms with Crippen LogP contribution in [0.4, 0.5) is 5.82 Å². The topological polar surface area (TPSA) is 73.1 Å². The van der Waals surface area contributed by atoms with Crippen molar-refractivity contribution in [3.05, 3.63) is 47.4 Å². The maximum atomic E-state index is 5.83. The van der Waals surface area contributed by atoms with E-state index in [9.17, 15) is 0 Å². The summed E-state index contributed by atoms with van der Waals surface area (Å²) in [5.74, 6) is 8.13. The van der Waals surface area contributed by atoms with Gasteiger partial charge in [-0.2, -0.15) is 0 Å². The van der Waals surface area contributed by atoms with Gasteiger partial charge in [-0.05, 0) is 24.5 Å². The number of aromatic nitrogens is 2. The Balaban J connectivity index is 1.89. The van der Waals surface area contributed by atoms with Crippen molar-refractivity contribution in [3.8, 4) is 5.75 Å². The number of benzene rings is 1. The number of nitrogens with zero attached hydrogens (tertiary/aromatic N) is 2. The van der Waals surface area contributed by atoms with Gasteiger partial charge in [-0.25, -0.2) is 15.8 Å². The summed E-state index contributed by atoms with van der Waals surface area (Å²) in [4.78, 5) is 9.18. The molecule has 2 aromatic rings. The maximum Gasteiger partial charge on any atom is 0.143 e. The van der Waals surface area contributed by atoms with Crippen molar-refractivity contribution >= 4 is 5.82 Å². The number of hydrogen-bond donors (Lipinski definition) is 2. The van der Waals surface area contributed by atoms with Crippen molar-refractivity contribution in [3.63, 3.8) is 0 Å². The van der Waals surface area contributed by atoms with Crippen molar-refractivity contribution in [1.29, 1.82) is 0 Å². The average Bonchev–Trinajstić information content (AvgIpc) is 2.54. The third-order valence-corrected chi connectivity index (χ3v) is 3.69. The summed E-state index contributed by atoms with van der Waals surface area (Å²) in [6.45, 7) is 2.74. The lowest BCUT2D eigenvalue weighted by Crippen LogP contribution is -2.22. The van der Waals surface area contributed by atoms with Crippen molar-refractivity contribution in [1.82, 2.24) is 9.97 Å². The van der Waals surface area contributed by atoms with Gasteiger partial charge in [-0.1, -0.05) is 31.5 Å². The van der Waals surface area contributed by atoms with Gasteiger partial charge in [0.05, 0.1) is 12.5 Å². The molecule has 0 aliphatic carbocycles. The summed E-state index contributed by atoms with van der Waals surface area (Å²) in [6, 6.07) is 10.0. The number of hydrogen-bond acceptors (Lipinski definition) is 5. The lowest BCUT2D eigenvalue weighted by molar-refractivity contribution is 0.257. The van der Waals surface area contributed by atoms with E-state index < -0.39 is 0 Å². The second-order valence-electron chi connectivity index (χ2n) is 5.32. The number of nitrogens with one attached hydrogen (secondary N) is 1. The van der Waals surface area contributed by atoms with Gasteiger partial charge in [-0.15, -0.1) is 0 Å². The van der Waals surface area contributed by atoms with Crippen molar-refractivity contribution < 1.29 is 4.74 Å². The van der Waals surface area contributed by atoms with Gasteiger partial charge in [-0.3, -0.25) is 0 Å². The largest absolute Gasteiger partial charge is 0.493 e. The van der Waals surface area contributed by atoms with E-state index >= 15 is 0 Å². The third kappa shape index (κ3) is 2.97. The molecule has 5 heteroatoms.